The highest BCUT2D eigenvalue weighted by molar-refractivity contribution is 4.96. The fraction of sp³-hybridized carbons (Fsp3) is 1.00. The molecule has 0 aromatic heterocycles. The van der Waals surface area contributed by atoms with Gasteiger partial charge in [0.1, 0.15) is 0 Å². The van der Waals surface area contributed by atoms with Crippen molar-refractivity contribution in [2.45, 2.75) is 51.1 Å². The van der Waals surface area contributed by atoms with Crippen LogP contribution >= 0.6 is 0 Å². The number of likely N-dealkylation sites (N-methyl/N-ethyl adjacent to an activating group) is 2. The molecule has 0 aliphatic carbocycles. The minimum Gasteiger partial charge on any atom is -0.385 e. The monoisotopic (exact) mass is 230 g/mol. The fourth-order valence-corrected chi connectivity index (χ4v) is 2.80. The number of rotatable bonds is 9. The van der Waals surface area contributed by atoms with Gasteiger partial charge in [-0.15, -0.1) is 0 Å². The number of methoxy groups -OCH3 is 1. The Hall–Kier alpha value is -0.120. The van der Waals surface area contributed by atoms with Gasteiger partial charge >= 0.3 is 0 Å². The van der Waals surface area contributed by atoms with Gasteiger partial charge in [-0.1, -0.05) is 13.8 Å². The van der Waals surface area contributed by atoms with Crippen molar-refractivity contribution in [2.24, 2.45) is 0 Å². The zero-order valence-electron chi connectivity index (χ0n) is 12.0. The average molecular weight is 230 g/mol. The van der Waals surface area contributed by atoms with Crippen LogP contribution in [0.15, 0.2) is 0 Å². The summed E-state index contributed by atoms with van der Waals surface area (Å²) >= 11 is 0. The minimum absolute atomic E-state index is 0.266. The molecule has 0 rings (SSSR count). The molecule has 1 N–H and O–H groups in total. The molecule has 0 bridgehead atoms. The second-order valence-corrected chi connectivity index (χ2v) is 4.68. The molecule has 3 nitrogen and oxygen atoms in total. The van der Waals surface area contributed by atoms with Gasteiger partial charge in [-0.2, -0.15) is 0 Å². The molecule has 16 heavy (non-hydrogen) atoms. The molecule has 0 aromatic carbocycles. The van der Waals surface area contributed by atoms with E-state index >= 15 is 0 Å². The predicted molar refractivity (Wildman–Crippen MR) is 71.0 cm³/mol. The van der Waals surface area contributed by atoms with Crippen LogP contribution in [0.5, 0.6) is 0 Å². The Bertz CT molecular complexity index is 167. The van der Waals surface area contributed by atoms with E-state index in [2.05, 4.69) is 45.2 Å². The van der Waals surface area contributed by atoms with Crippen molar-refractivity contribution in [1.82, 2.24) is 10.2 Å². The largest absolute Gasteiger partial charge is 0.385 e. The van der Waals surface area contributed by atoms with E-state index in [-0.39, 0.29) is 5.54 Å². The molecular weight excluding hydrogens is 200 g/mol. The van der Waals surface area contributed by atoms with Gasteiger partial charge < -0.3 is 15.0 Å². The predicted octanol–water partition coefficient (Wildman–Crippen LogP) is 2.12. The smallest absolute Gasteiger partial charge is 0.0462 e. The van der Waals surface area contributed by atoms with Gasteiger partial charge in [0, 0.05) is 25.3 Å². The summed E-state index contributed by atoms with van der Waals surface area (Å²) in [7, 11) is 8.22. The molecule has 3 heteroatoms. The Morgan fingerprint density at radius 3 is 2.12 bits per heavy atom. The van der Waals surface area contributed by atoms with Crippen LogP contribution in [0.3, 0.4) is 0 Å². The van der Waals surface area contributed by atoms with Crippen molar-refractivity contribution in [3.8, 4) is 0 Å². The first-order chi connectivity index (χ1) is 7.58. The first-order valence-corrected chi connectivity index (χ1v) is 6.42. The van der Waals surface area contributed by atoms with Crippen molar-refractivity contribution < 1.29 is 4.74 Å². The van der Waals surface area contributed by atoms with E-state index in [4.69, 9.17) is 4.74 Å². The molecule has 0 saturated heterocycles. The molecule has 1 unspecified atom stereocenters. The number of nitrogens with one attached hydrogen (secondary N) is 1. The van der Waals surface area contributed by atoms with Crippen LogP contribution in [0.2, 0.25) is 0 Å². The van der Waals surface area contributed by atoms with Gasteiger partial charge in [-0.05, 0) is 46.8 Å². The van der Waals surface area contributed by atoms with Crippen molar-refractivity contribution in [2.75, 3.05) is 34.9 Å². The van der Waals surface area contributed by atoms with Crippen molar-refractivity contribution in [3.05, 3.63) is 0 Å². The lowest BCUT2D eigenvalue weighted by Gasteiger charge is -2.45. The summed E-state index contributed by atoms with van der Waals surface area (Å²) in [6.45, 7) is 5.42. The normalized spacial score (nSPS) is 14.4. The lowest BCUT2D eigenvalue weighted by atomic mass is 9.81. The Balaban J connectivity index is 4.57. The third kappa shape index (κ3) is 3.72. The Kier molecular flexibility index (Phi) is 7.98. The van der Waals surface area contributed by atoms with Gasteiger partial charge in [-0.3, -0.25) is 0 Å². The zero-order chi connectivity index (χ0) is 12.6. The third-order valence-electron chi connectivity index (χ3n) is 3.95. The summed E-state index contributed by atoms with van der Waals surface area (Å²) in [5, 5.41) is 3.49. The van der Waals surface area contributed by atoms with E-state index in [0.29, 0.717) is 6.04 Å². The maximum atomic E-state index is 5.14. The van der Waals surface area contributed by atoms with Gasteiger partial charge in [-0.25, -0.2) is 0 Å². The number of nitrogens with zero attached hydrogens (tertiary/aromatic N) is 1. The second kappa shape index (κ2) is 8.04. The molecule has 0 spiro atoms. The van der Waals surface area contributed by atoms with Crippen molar-refractivity contribution >= 4 is 0 Å². The molecule has 0 saturated carbocycles. The minimum atomic E-state index is 0.266. The molecule has 0 heterocycles. The van der Waals surface area contributed by atoms with Crippen molar-refractivity contribution in [3.63, 3.8) is 0 Å². The Morgan fingerprint density at radius 2 is 1.81 bits per heavy atom. The molecule has 0 aliphatic heterocycles. The van der Waals surface area contributed by atoms with Crippen LogP contribution in [-0.4, -0.2) is 51.3 Å². The number of ether oxygens (including phenoxy) is 1. The molecule has 98 valence electrons. The highest BCUT2D eigenvalue weighted by atomic mass is 16.5. The maximum absolute atomic E-state index is 5.14. The lowest BCUT2D eigenvalue weighted by Crippen LogP contribution is -2.57. The third-order valence-corrected chi connectivity index (χ3v) is 3.95. The van der Waals surface area contributed by atoms with Gasteiger partial charge in [0.2, 0.25) is 0 Å². The molecule has 0 fully saturated rings. The van der Waals surface area contributed by atoms with Crippen molar-refractivity contribution in [1.29, 1.82) is 0 Å². The number of hydrogen-bond donors (Lipinski definition) is 1. The van der Waals surface area contributed by atoms with Crippen LogP contribution < -0.4 is 5.32 Å². The molecule has 0 aromatic rings. The van der Waals surface area contributed by atoms with E-state index in [0.717, 1.165) is 13.0 Å². The first kappa shape index (κ1) is 15.9. The molecular formula is C13H30N2O. The molecule has 0 amide bonds. The highest BCUT2D eigenvalue weighted by Crippen LogP contribution is 2.28. The molecule has 0 aliphatic rings. The van der Waals surface area contributed by atoms with Crippen LogP contribution in [-0.2, 0) is 4.74 Å². The topological polar surface area (TPSA) is 24.5 Å². The van der Waals surface area contributed by atoms with Crippen LogP contribution in [0, 0.1) is 0 Å². The summed E-state index contributed by atoms with van der Waals surface area (Å²) in [5.41, 5.74) is 0.266. The van der Waals surface area contributed by atoms with E-state index in [1.807, 2.05) is 0 Å². The van der Waals surface area contributed by atoms with Crippen LogP contribution in [0.25, 0.3) is 0 Å². The SMILES string of the molecule is CCC(CC)(C(CCCOC)NC)N(C)C. The van der Waals surface area contributed by atoms with E-state index in [1.165, 1.54) is 19.3 Å². The van der Waals surface area contributed by atoms with Gasteiger partial charge in [0.25, 0.3) is 0 Å². The summed E-state index contributed by atoms with van der Waals surface area (Å²) in [4.78, 5) is 2.38. The fourth-order valence-electron chi connectivity index (χ4n) is 2.80. The maximum Gasteiger partial charge on any atom is 0.0462 e. The quantitative estimate of drug-likeness (QED) is 0.614. The molecule has 1 atom stereocenters. The molecule has 0 radical (unpaired) electrons. The lowest BCUT2D eigenvalue weighted by molar-refractivity contribution is 0.0814. The highest BCUT2D eigenvalue weighted by Gasteiger charge is 2.36. The van der Waals surface area contributed by atoms with Gasteiger partial charge in [0.05, 0.1) is 0 Å². The van der Waals surface area contributed by atoms with Crippen LogP contribution in [0.1, 0.15) is 39.5 Å². The summed E-state index contributed by atoms with van der Waals surface area (Å²) in [6, 6.07) is 0.535. The van der Waals surface area contributed by atoms with E-state index < -0.39 is 0 Å². The van der Waals surface area contributed by atoms with E-state index in [9.17, 15) is 0 Å². The van der Waals surface area contributed by atoms with E-state index in [1.54, 1.807) is 7.11 Å². The van der Waals surface area contributed by atoms with Gasteiger partial charge in [0.15, 0.2) is 0 Å². The zero-order valence-corrected chi connectivity index (χ0v) is 12.0. The number of hydrogen-bond acceptors (Lipinski definition) is 3. The summed E-state index contributed by atoms with van der Waals surface area (Å²) in [6.07, 6.45) is 4.64. The first-order valence-electron chi connectivity index (χ1n) is 6.42. The summed E-state index contributed by atoms with van der Waals surface area (Å²) in [5.74, 6) is 0. The standard InChI is InChI=1S/C13H30N2O/c1-7-13(8-2,15(4)5)12(14-3)10-9-11-16-6/h12,14H,7-11H2,1-6H3. The second-order valence-electron chi connectivity index (χ2n) is 4.68. The Morgan fingerprint density at radius 1 is 1.25 bits per heavy atom. The summed E-state index contributed by atoms with van der Waals surface area (Å²) < 4.78 is 5.14. The average Bonchev–Trinajstić information content (AvgIpc) is 2.28. The Labute approximate surface area is 102 Å². The van der Waals surface area contributed by atoms with Crippen LogP contribution in [0.4, 0.5) is 0 Å².